The van der Waals surface area contributed by atoms with Crippen molar-refractivity contribution in [1.29, 1.82) is 0 Å². The lowest BCUT2D eigenvalue weighted by atomic mass is 9.79. The lowest BCUT2D eigenvalue weighted by Crippen LogP contribution is -2.12. The number of hydrogen-bond acceptors (Lipinski definition) is 0. The molecule has 0 heteroatoms. The Kier molecular flexibility index (Phi) is 15.7. The molecule has 0 heterocycles. The first-order valence-electron chi connectivity index (χ1n) is 6.84. The van der Waals surface area contributed by atoms with Crippen molar-refractivity contribution in [2.45, 2.75) is 60.8 Å². The van der Waals surface area contributed by atoms with Crippen molar-refractivity contribution in [1.82, 2.24) is 0 Å². The molecule has 0 unspecified atom stereocenters. The Morgan fingerprint density at radius 2 is 1.50 bits per heavy atom. The van der Waals surface area contributed by atoms with Crippen LogP contribution in [0.15, 0.2) is 36.0 Å². The molecule has 0 radical (unpaired) electrons. The summed E-state index contributed by atoms with van der Waals surface area (Å²) in [5.74, 6) is 0.845. The Bertz CT molecular complexity index is 202. The van der Waals surface area contributed by atoms with Crippen LogP contribution in [-0.4, -0.2) is 0 Å². The zero-order valence-corrected chi connectivity index (χ0v) is 12.1. The molecule has 0 saturated heterocycles. The molecule has 0 N–H and O–H groups in total. The summed E-state index contributed by atoms with van der Waals surface area (Å²) in [6.07, 6.45) is 15.0. The van der Waals surface area contributed by atoms with Crippen molar-refractivity contribution in [2.24, 2.45) is 5.92 Å². The molecule has 1 aliphatic carbocycles. The summed E-state index contributed by atoms with van der Waals surface area (Å²) >= 11 is 0. The summed E-state index contributed by atoms with van der Waals surface area (Å²) in [6, 6.07) is 0. The quantitative estimate of drug-likeness (QED) is 0.520. The van der Waals surface area contributed by atoms with Gasteiger partial charge in [-0.2, -0.15) is 0 Å². The maximum absolute atomic E-state index is 2.24. The van der Waals surface area contributed by atoms with Gasteiger partial charge in [-0.15, -0.1) is 0 Å². The van der Waals surface area contributed by atoms with E-state index < -0.39 is 0 Å². The maximum Gasteiger partial charge on any atom is -0.0162 e. The number of hydrogen-bond donors (Lipinski definition) is 0. The van der Waals surface area contributed by atoms with E-state index in [1.165, 1.54) is 24.8 Å². The highest BCUT2D eigenvalue weighted by atomic mass is 14.2. The predicted molar refractivity (Wildman–Crippen MR) is 77.7 cm³/mol. The molecule has 0 aromatic carbocycles. The minimum absolute atomic E-state index is 0.845. The highest BCUT2D eigenvalue weighted by Gasteiger charge is 2.19. The first-order valence-corrected chi connectivity index (χ1v) is 6.84. The van der Waals surface area contributed by atoms with E-state index in [0.29, 0.717) is 0 Å². The van der Waals surface area contributed by atoms with E-state index in [1.54, 1.807) is 0 Å². The zero-order valence-electron chi connectivity index (χ0n) is 12.1. The van der Waals surface area contributed by atoms with Gasteiger partial charge in [-0.25, -0.2) is 0 Å². The molecular weight excluding hydrogens is 192 g/mol. The van der Waals surface area contributed by atoms with Gasteiger partial charge in [-0.1, -0.05) is 64.5 Å². The molecule has 0 atom stereocenters. The second-order valence-electron chi connectivity index (χ2n) is 3.32. The molecular formula is C16H30. The third-order valence-corrected chi connectivity index (χ3v) is 2.42. The smallest absolute Gasteiger partial charge is 0.0162 e. The van der Waals surface area contributed by atoms with E-state index >= 15 is 0 Å². The Hall–Kier alpha value is -0.780. The third-order valence-electron chi connectivity index (χ3n) is 2.42. The van der Waals surface area contributed by atoms with Gasteiger partial charge in [0.05, 0.1) is 0 Å². The second-order valence-corrected chi connectivity index (χ2v) is 3.32. The zero-order chi connectivity index (χ0) is 12.8. The number of allylic oxidation sites excluding steroid dienone is 6. The van der Waals surface area contributed by atoms with Crippen LogP contribution < -0.4 is 0 Å². The molecule has 1 aliphatic rings. The van der Waals surface area contributed by atoms with Gasteiger partial charge in [0, 0.05) is 0 Å². The SMILES string of the molecule is CC.CC.C\C=C/C=C(\C=C/C)C1CCC1. The molecule has 0 spiro atoms. The van der Waals surface area contributed by atoms with Crippen LogP contribution in [0.4, 0.5) is 0 Å². The van der Waals surface area contributed by atoms with Crippen LogP contribution in [0.3, 0.4) is 0 Å². The van der Waals surface area contributed by atoms with Crippen molar-refractivity contribution in [3.05, 3.63) is 36.0 Å². The molecule has 1 saturated carbocycles. The second kappa shape index (κ2) is 14.2. The van der Waals surface area contributed by atoms with Crippen LogP contribution >= 0.6 is 0 Å². The van der Waals surface area contributed by atoms with Crippen molar-refractivity contribution in [3.8, 4) is 0 Å². The highest BCUT2D eigenvalue weighted by molar-refractivity contribution is 5.27. The van der Waals surface area contributed by atoms with E-state index in [2.05, 4.69) is 44.2 Å². The molecule has 0 nitrogen and oxygen atoms in total. The van der Waals surface area contributed by atoms with Crippen LogP contribution in [0.25, 0.3) is 0 Å². The first-order chi connectivity index (χ1) is 7.88. The summed E-state index contributed by atoms with van der Waals surface area (Å²) in [6.45, 7) is 12.1. The van der Waals surface area contributed by atoms with E-state index in [0.717, 1.165) is 5.92 Å². The molecule has 0 aromatic heterocycles. The van der Waals surface area contributed by atoms with Crippen LogP contribution in [0.1, 0.15) is 60.8 Å². The van der Waals surface area contributed by atoms with Gasteiger partial charge in [0.1, 0.15) is 0 Å². The van der Waals surface area contributed by atoms with Crippen molar-refractivity contribution in [3.63, 3.8) is 0 Å². The summed E-state index contributed by atoms with van der Waals surface area (Å²) in [7, 11) is 0. The summed E-state index contributed by atoms with van der Waals surface area (Å²) < 4.78 is 0. The van der Waals surface area contributed by atoms with E-state index in [-0.39, 0.29) is 0 Å². The minimum atomic E-state index is 0.845. The van der Waals surface area contributed by atoms with Crippen LogP contribution in [0.2, 0.25) is 0 Å². The number of rotatable bonds is 3. The normalized spacial score (nSPS) is 16.2. The highest BCUT2D eigenvalue weighted by Crippen LogP contribution is 2.33. The standard InChI is InChI=1S/C12H18.2C2H6/c1-3-5-8-11(7-4-2)12-9-6-10-12;2*1-2/h3-5,7-8,12H,6,9-10H2,1-2H3;2*1-2H3/b5-3-,7-4-,11-8+;;. The molecule has 0 bridgehead atoms. The monoisotopic (exact) mass is 222 g/mol. The Morgan fingerprint density at radius 1 is 0.938 bits per heavy atom. The van der Waals surface area contributed by atoms with E-state index in [1.807, 2.05) is 27.7 Å². The summed E-state index contributed by atoms with van der Waals surface area (Å²) in [4.78, 5) is 0. The predicted octanol–water partition coefficient (Wildman–Crippen LogP) is 5.92. The van der Waals surface area contributed by atoms with Crippen molar-refractivity contribution >= 4 is 0 Å². The van der Waals surface area contributed by atoms with Crippen molar-refractivity contribution in [2.75, 3.05) is 0 Å². The average Bonchev–Trinajstić information content (AvgIpc) is 2.29. The lowest BCUT2D eigenvalue weighted by Gasteiger charge is -2.26. The van der Waals surface area contributed by atoms with E-state index in [4.69, 9.17) is 0 Å². The molecule has 94 valence electrons. The fourth-order valence-corrected chi connectivity index (χ4v) is 1.47. The average molecular weight is 222 g/mol. The van der Waals surface area contributed by atoms with Gasteiger partial charge in [0.15, 0.2) is 0 Å². The van der Waals surface area contributed by atoms with Gasteiger partial charge in [0.2, 0.25) is 0 Å². The van der Waals surface area contributed by atoms with Gasteiger partial charge >= 0.3 is 0 Å². The third kappa shape index (κ3) is 7.50. The van der Waals surface area contributed by atoms with E-state index in [9.17, 15) is 0 Å². The molecule has 0 aromatic rings. The maximum atomic E-state index is 2.24. The molecule has 0 aliphatic heterocycles. The van der Waals surface area contributed by atoms with Gasteiger partial charge in [-0.3, -0.25) is 0 Å². The largest absolute Gasteiger partial charge is 0.0877 e. The summed E-state index contributed by atoms with van der Waals surface area (Å²) in [5, 5.41) is 0. The fraction of sp³-hybridized carbons (Fsp3) is 0.625. The Morgan fingerprint density at radius 3 is 1.81 bits per heavy atom. The Balaban J connectivity index is 0. The molecule has 1 rings (SSSR count). The lowest BCUT2D eigenvalue weighted by molar-refractivity contribution is 0.374. The van der Waals surface area contributed by atoms with Gasteiger partial charge in [-0.05, 0) is 38.2 Å². The van der Waals surface area contributed by atoms with Gasteiger partial charge < -0.3 is 0 Å². The summed E-state index contributed by atoms with van der Waals surface area (Å²) in [5.41, 5.74) is 1.50. The first kappa shape index (κ1) is 17.6. The van der Waals surface area contributed by atoms with Crippen LogP contribution in [-0.2, 0) is 0 Å². The molecule has 16 heavy (non-hydrogen) atoms. The van der Waals surface area contributed by atoms with Crippen LogP contribution in [0.5, 0.6) is 0 Å². The fourth-order valence-electron chi connectivity index (χ4n) is 1.47. The Labute approximate surface area is 103 Å². The van der Waals surface area contributed by atoms with Crippen molar-refractivity contribution < 1.29 is 0 Å². The van der Waals surface area contributed by atoms with Gasteiger partial charge in [0.25, 0.3) is 0 Å². The molecule has 1 fully saturated rings. The minimum Gasteiger partial charge on any atom is -0.0877 e. The molecule has 0 amide bonds. The topological polar surface area (TPSA) is 0 Å². The van der Waals surface area contributed by atoms with Crippen LogP contribution in [0, 0.1) is 5.92 Å².